The van der Waals surface area contributed by atoms with Crippen molar-refractivity contribution < 1.29 is 9.15 Å². The van der Waals surface area contributed by atoms with Crippen molar-refractivity contribution in [1.29, 1.82) is 0 Å². The van der Waals surface area contributed by atoms with E-state index in [4.69, 9.17) is 9.15 Å². The van der Waals surface area contributed by atoms with Crippen LogP contribution in [0.25, 0.3) is 0 Å². The molecule has 4 heteroatoms. The zero-order chi connectivity index (χ0) is 9.10. The van der Waals surface area contributed by atoms with Crippen LogP contribution < -0.4 is 5.32 Å². The molecular weight excluding hydrogens is 234 g/mol. The molecule has 1 aromatic heterocycles. The molecule has 13 heavy (non-hydrogen) atoms. The average molecular weight is 246 g/mol. The van der Waals surface area contributed by atoms with Gasteiger partial charge in [-0.05, 0) is 28.4 Å². The predicted octanol–water partition coefficient (Wildman–Crippen LogP) is 1.92. The van der Waals surface area contributed by atoms with E-state index < -0.39 is 0 Å². The molecule has 2 rings (SSSR count). The van der Waals surface area contributed by atoms with Crippen LogP contribution >= 0.6 is 15.9 Å². The first kappa shape index (κ1) is 9.24. The molecule has 0 aliphatic carbocycles. The summed E-state index contributed by atoms with van der Waals surface area (Å²) in [7, 11) is 0. The summed E-state index contributed by atoms with van der Waals surface area (Å²) in [5, 5.41) is 3.38. The number of rotatable bonds is 3. The van der Waals surface area contributed by atoms with Gasteiger partial charge in [-0.1, -0.05) is 0 Å². The second-order valence-electron chi connectivity index (χ2n) is 3.13. The Labute approximate surface area is 85.6 Å². The van der Waals surface area contributed by atoms with Gasteiger partial charge >= 0.3 is 0 Å². The van der Waals surface area contributed by atoms with Gasteiger partial charge in [0.05, 0.1) is 23.9 Å². The summed E-state index contributed by atoms with van der Waals surface area (Å²) >= 11 is 3.41. The van der Waals surface area contributed by atoms with Gasteiger partial charge in [0.25, 0.3) is 0 Å². The first-order valence-electron chi connectivity index (χ1n) is 4.39. The van der Waals surface area contributed by atoms with Gasteiger partial charge in [0.1, 0.15) is 5.76 Å². The van der Waals surface area contributed by atoms with Gasteiger partial charge in [-0.25, -0.2) is 0 Å². The molecule has 3 nitrogen and oxygen atoms in total. The van der Waals surface area contributed by atoms with E-state index in [9.17, 15) is 0 Å². The van der Waals surface area contributed by atoms with Gasteiger partial charge in [-0.2, -0.15) is 0 Å². The van der Waals surface area contributed by atoms with Crippen molar-refractivity contribution in [2.24, 2.45) is 0 Å². The minimum absolute atomic E-state index is 0.483. The molecule has 1 saturated heterocycles. The maximum Gasteiger partial charge on any atom is 0.131 e. The van der Waals surface area contributed by atoms with E-state index in [0.29, 0.717) is 6.04 Å². The Kier molecular flexibility index (Phi) is 3.03. The molecule has 1 fully saturated rings. The smallest absolute Gasteiger partial charge is 0.131 e. The molecular formula is C9H12BrNO2. The summed E-state index contributed by atoms with van der Waals surface area (Å²) in [6.07, 6.45) is 2.78. The zero-order valence-electron chi connectivity index (χ0n) is 7.25. The molecule has 0 bridgehead atoms. The number of hydrogen-bond acceptors (Lipinski definition) is 3. The SMILES string of the molecule is Brc1ccoc1CNC1CCOC1. The van der Waals surface area contributed by atoms with Crippen LogP contribution in [0.15, 0.2) is 21.2 Å². The quantitative estimate of drug-likeness (QED) is 0.884. The molecule has 0 amide bonds. The highest BCUT2D eigenvalue weighted by molar-refractivity contribution is 9.10. The van der Waals surface area contributed by atoms with E-state index in [2.05, 4.69) is 21.2 Å². The minimum atomic E-state index is 0.483. The number of nitrogens with one attached hydrogen (secondary N) is 1. The standard InChI is InChI=1S/C9H12BrNO2/c10-8-2-4-13-9(8)5-11-7-1-3-12-6-7/h2,4,7,11H,1,3,5-6H2. The highest BCUT2D eigenvalue weighted by Gasteiger charge is 2.15. The van der Waals surface area contributed by atoms with Crippen molar-refractivity contribution in [2.75, 3.05) is 13.2 Å². The highest BCUT2D eigenvalue weighted by atomic mass is 79.9. The second-order valence-corrected chi connectivity index (χ2v) is 3.99. The molecule has 1 aliphatic rings. The molecule has 2 heterocycles. The molecule has 0 spiro atoms. The second kappa shape index (κ2) is 4.26. The van der Waals surface area contributed by atoms with Crippen LogP contribution in [0.3, 0.4) is 0 Å². The van der Waals surface area contributed by atoms with Gasteiger partial charge in [0, 0.05) is 12.6 Å². The number of halogens is 1. The van der Waals surface area contributed by atoms with Gasteiger partial charge in [-0.15, -0.1) is 0 Å². The van der Waals surface area contributed by atoms with Crippen molar-refractivity contribution in [1.82, 2.24) is 5.32 Å². The van der Waals surface area contributed by atoms with Gasteiger partial charge in [-0.3, -0.25) is 0 Å². The first-order chi connectivity index (χ1) is 6.36. The molecule has 0 aromatic carbocycles. The normalized spacial score (nSPS) is 22.4. The lowest BCUT2D eigenvalue weighted by molar-refractivity contribution is 0.189. The van der Waals surface area contributed by atoms with Gasteiger partial charge < -0.3 is 14.5 Å². The third-order valence-electron chi connectivity index (χ3n) is 2.17. The lowest BCUT2D eigenvalue weighted by Crippen LogP contribution is -2.28. The maximum absolute atomic E-state index is 5.27. The average Bonchev–Trinajstić information content (AvgIpc) is 2.72. The molecule has 0 radical (unpaired) electrons. The molecule has 1 aromatic rings. The van der Waals surface area contributed by atoms with E-state index in [1.165, 1.54) is 0 Å². The van der Waals surface area contributed by atoms with Crippen molar-refractivity contribution in [3.63, 3.8) is 0 Å². The van der Waals surface area contributed by atoms with Crippen molar-refractivity contribution >= 4 is 15.9 Å². The lowest BCUT2D eigenvalue weighted by atomic mass is 10.2. The molecule has 1 aliphatic heterocycles. The monoisotopic (exact) mass is 245 g/mol. The highest BCUT2D eigenvalue weighted by Crippen LogP contribution is 2.17. The molecule has 1 unspecified atom stereocenters. The molecule has 0 saturated carbocycles. The number of hydrogen-bond donors (Lipinski definition) is 1. The molecule has 1 N–H and O–H groups in total. The lowest BCUT2D eigenvalue weighted by Gasteiger charge is -2.08. The summed E-state index contributed by atoms with van der Waals surface area (Å²) < 4.78 is 11.6. The van der Waals surface area contributed by atoms with Crippen LogP contribution in [0.5, 0.6) is 0 Å². The van der Waals surface area contributed by atoms with E-state index in [-0.39, 0.29) is 0 Å². The van der Waals surface area contributed by atoms with Crippen LogP contribution in [0.4, 0.5) is 0 Å². The van der Waals surface area contributed by atoms with Crippen molar-refractivity contribution in [3.05, 3.63) is 22.6 Å². The van der Waals surface area contributed by atoms with Crippen LogP contribution in [-0.2, 0) is 11.3 Å². The Bertz CT molecular complexity index is 268. The topological polar surface area (TPSA) is 34.4 Å². The van der Waals surface area contributed by atoms with Gasteiger partial charge in [0.2, 0.25) is 0 Å². The van der Waals surface area contributed by atoms with E-state index in [1.54, 1.807) is 6.26 Å². The van der Waals surface area contributed by atoms with Gasteiger partial charge in [0.15, 0.2) is 0 Å². The van der Waals surface area contributed by atoms with Crippen LogP contribution in [0.2, 0.25) is 0 Å². The van der Waals surface area contributed by atoms with Crippen LogP contribution in [0.1, 0.15) is 12.2 Å². The Morgan fingerprint density at radius 2 is 2.54 bits per heavy atom. The summed E-state index contributed by atoms with van der Waals surface area (Å²) in [4.78, 5) is 0. The first-order valence-corrected chi connectivity index (χ1v) is 5.18. The van der Waals surface area contributed by atoms with E-state index in [1.807, 2.05) is 6.07 Å². The zero-order valence-corrected chi connectivity index (χ0v) is 8.84. The maximum atomic E-state index is 5.27. The summed E-state index contributed by atoms with van der Waals surface area (Å²) in [5.41, 5.74) is 0. The van der Waals surface area contributed by atoms with E-state index >= 15 is 0 Å². The van der Waals surface area contributed by atoms with Crippen LogP contribution in [0, 0.1) is 0 Å². The Morgan fingerprint density at radius 3 is 3.15 bits per heavy atom. The number of furan rings is 1. The van der Waals surface area contributed by atoms with Crippen molar-refractivity contribution in [3.8, 4) is 0 Å². The fourth-order valence-electron chi connectivity index (χ4n) is 1.38. The Balaban J connectivity index is 1.82. The third-order valence-corrected chi connectivity index (χ3v) is 2.88. The number of ether oxygens (including phenoxy) is 1. The molecule has 72 valence electrons. The minimum Gasteiger partial charge on any atom is -0.467 e. The third kappa shape index (κ3) is 2.33. The van der Waals surface area contributed by atoms with Crippen LogP contribution in [-0.4, -0.2) is 19.3 Å². The van der Waals surface area contributed by atoms with E-state index in [0.717, 1.165) is 36.4 Å². The Hall–Kier alpha value is -0.320. The fraction of sp³-hybridized carbons (Fsp3) is 0.556. The Morgan fingerprint density at radius 1 is 1.62 bits per heavy atom. The van der Waals surface area contributed by atoms with Crippen molar-refractivity contribution in [2.45, 2.75) is 19.0 Å². The summed E-state index contributed by atoms with van der Waals surface area (Å²) in [6.45, 7) is 2.46. The largest absolute Gasteiger partial charge is 0.467 e. The molecule has 1 atom stereocenters. The fourth-order valence-corrected chi connectivity index (χ4v) is 1.73. The summed E-state index contributed by atoms with van der Waals surface area (Å²) in [5.74, 6) is 0.951. The predicted molar refractivity (Wildman–Crippen MR) is 52.5 cm³/mol. The summed E-state index contributed by atoms with van der Waals surface area (Å²) in [6, 6.07) is 2.39.